The minimum atomic E-state index is -2.41. The molecular weight excluding hydrogens is 472 g/mol. The summed E-state index contributed by atoms with van der Waals surface area (Å²) in [6.45, 7) is -3.45. The smallest absolute Gasteiger partial charge is 0.224 e. The molecule has 14 atom stereocenters. The molecule has 3 fully saturated rings. The van der Waals surface area contributed by atoms with Crippen molar-refractivity contribution in [2.45, 2.75) is 85.5 Å². The minimum absolute atomic E-state index is 0.764. The summed E-state index contributed by atoms with van der Waals surface area (Å²) in [5.74, 6) is -2.41. The first-order valence-electron chi connectivity index (χ1n) is 10.6. The Balaban J connectivity index is 1.87. The Morgan fingerprint density at radius 2 is 1.12 bits per heavy atom. The van der Waals surface area contributed by atoms with Gasteiger partial charge in [0.15, 0.2) is 12.6 Å². The largest absolute Gasteiger partial charge is 0.394 e. The van der Waals surface area contributed by atoms with Crippen LogP contribution in [0.1, 0.15) is 0 Å². The zero-order valence-corrected chi connectivity index (χ0v) is 17.8. The lowest BCUT2D eigenvalue weighted by Crippen LogP contribution is -2.66. The second-order valence-corrected chi connectivity index (χ2v) is 8.37. The first kappa shape index (κ1) is 27.9. The van der Waals surface area contributed by atoms with Crippen molar-refractivity contribution in [3.05, 3.63) is 0 Å². The molecule has 0 unspecified atom stereocenters. The summed E-state index contributed by atoms with van der Waals surface area (Å²) >= 11 is 0. The van der Waals surface area contributed by atoms with Crippen LogP contribution in [-0.2, 0) is 23.7 Å². The molecule has 3 heterocycles. The van der Waals surface area contributed by atoms with E-state index in [1.807, 2.05) is 0 Å². The average molecular weight is 504 g/mol. The molecule has 11 N–H and O–H groups in total. The van der Waals surface area contributed by atoms with Crippen molar-refractivity contribution in [2.75, 3.05) is 26.4 Å². The molecule has 0 aromatic carbocycles. The predicted octanol–water partition coefficient (Wildman–Crippen LogP) is -7.57. The van der Waals surface area contributed by atoms with Gasteiger partial charge < -0.3 is 79.9 Å². The van der Waals surface area contributed by atoms with Crippen molar-refractivity contribution in [1.29, 1.82) is 0 Å². The van der Waals surface area contributed by atoms with Gasteiger partial charge in [0.25, 0.3) is 0 Å². The summed E-state index contributed by atoms with van der Waals surface area (Å²) in [6, 6.07) is 0. The van der Waals surface area contributed by atoms with Crippen LogP contribution in [0.3, 0.4) is 0 Å². The van der Waals surface area contributed by atoms with Crippen molar-refractivity contribution in [3.8, 4) is 0 Å². The first-order chi connectivity index (χ1) is 16.0. The van der Waals surface area contributed by atoms with Gasteiger partial charge in [0.2, 0.25) is 5.79 Å². The lowest BCUT2D eigenvalue weighted by atomic mass is 9.97. The molecule has 3 aliphatic rings. The highest BCUT2D eigenvalue weighted by atomic mass is 16.8. The minimum Gasteiger partial charge on any atom is -0.394 e. The van der Waals surface area contributed by atoms with Crippen LogP contribution in [0.15, 0.2) is 0 Å². The van der Waals surface area contributed by atoms with E-state index in [0.717, 1.165) is 0 Å². The van der Waals surface area contributed by atoms with Crippen molar-refractivity contribution >= 4 is 0 Å². The van der Waals surface area contributed by atoms with E-state index >= 15 is 0 Å². The maximum absolute atomic E-state index is 10.6. The summed E-state index contributed by atoms with van der Waals surface area (Å²) in [5, 5.41) is 109. The molecule has 3 rings (SSSR count). The van der Waals surface area contributed by atoms with E-state index in [9.17, 15) is 56.2 Å². The van der Waals surface area contributed by atoms with E-state index in [1.165, 1.54) is 0 Å². The van der Waals surface area contributed by atoms with Crippen molar-refractivity contribution < 1.29 is 79.9 Å². The summed E-state index contributed by atoms with van der Waals surface area (Å²) < 4.78 is 26.9. The fourth-order valence-corrected chi connectivity index (χ4v) is 4.10. The van der Waals surface area contributed by atoms with E-state index in [1.54, 1.807) is 0 Å². The lowest BCUT2D eigenvalue weighted by molar-refractivity contribution is -0.408. The number of aliphatic hydroxyl groups is 11. The van der Waals surface area contributed by atoms with Crippen LogP contribution in [0.25, 0.3) is 0 Å². The highest BCUT2D eigenvalue weighted by Crippen LogP contribution is 2.37. The molecule has 0 bridgehead atoms. The molecule has 3 aliphatic heterocycles. The molecule has 0 radical (unpaired) electrons. The van der Waals surface area contributed by atoms with Crippen molar-refractivity contribution in [1.82, 2.24) is 0 Å². The zero-order valence-electron chi connectivity index (χ0n) is 17.8. The summed E-state index contributed by atoms with van der Waals surface area (Å²) in [7, 11) is 0. The fourth-order valence-electron chi connectivity index (χ4n) is 4.10. The molecule has 200 valence electrons. The Morgan fingerprint density at radius 3 is 1.62 bits per heavy atom. The monoisotopic (exact) mass is 504 g/mol. The van der Waals surface area contributed by atoms with E-state index < -0.39 is 112 Å². The van der Waals surface area contributed by atoms with Gasteiger partial charge in [0.05, 0.1) is 19.8 Å². The molecular formula is C18H32O16. The maximum atomic E-state index is 10.6. The Hall–Kier alpha value is -0.640. The Labute approximate surface area is 192 Å². The second-order valence-electron chi connectivity index (χ2n) is 8.37. The third-order valence-corrected chi connectivity index (χ3v) is 6.19. The maximum Gasteiger partial charge on any atom is 0.224 e. The average Bonchev–Trinajstić information content (AvgIpc) is 3.08. The van der Waals surface area contributed by atoms with Crippen LogP contribution < -0.4 is 0 Å². The van der Waals surface area contributed by atoms with E-state index in [0.29, 0.717) is 0 Å². The molecule has 0 saturated carbocycles. The van der Waals surface area contributed by atoms with Gasteiger partial charge in [-0.15, -0.1) is 0 Å². The molecule has 0 aromatic heterocycles. The fraction of sp³-hybridized carbons (Fsp3) is 1.00. The summed E-state index contributed by atoms with van der Waals surface area (Å²) in [4.78, 5) is 0. The van der Waals surface area contributed by atoms with Gasteiger partial charge >= 0.3 is 0 Å². The van der Waals surface area contributed by atoms with Crippen LogP contribution in [0, 0.1) is 0 Å². The molecule has 0 amide bonds. The lowest BCUT2D eigenvalue weighted by Gasteiger charge is -2.47. The molecule has 0 aliphatic carbocycles. The SMILES string of the molecule is OC[C@@H]1O[C@H](O[C@H]2[C@H](O[C@]3(CO)O[C@H](CO)[C@H](O)[C@@H]3O)O[C@H](CO)[C@@H](O)[C@H]2O)[C@@H](O)[C@@H](O)[C@H]1O. The quantitative estimate of drug-likeness (QED) is 0.146. The van der Waals surface area contributed by atoms with Gasteiger partial charge in [-0.2, -0.15) is 0 Å². The van der Waals surface area contributed by atoms with Gasteiger partial charge in [0, 0.05) is 0 Å². The molecule has 16 nitrogen and oxygen atoms in total. The molecule has 3 saturated heterocycles. The summed E-state index contributed by atoms with van der Waals surface area (Å²) in [5.41, 5.74) is 0. The number of aliphatic hydroxyl groups excluding tert-OH is 11. The second kappa shape index (κ2) is 11.2. The highest BCUT2D eigenvalue weighted by Gasteiger charge is 2.59. The third kappa shape index (κ3) is 4.96. The van der Waals surface area contributed by atoms with Gasteiger partial charge in [-0.05, 0) is 0 Å². The topological polar surface area (TPSA) is 269 Å². The van der Waals surface area contributed by atoms with Crippen molar-refractivity contribution in [2.24, 2.45) is 0 Å². The molecule has 34 heavy (non-hydrogen) atoms. The predicted molar refractivity (Wildman–Crippen MR) is 101 cm³/mol. The first-order valence-corrected chi connectivity index (χ1v) is 10.6. The van der Waals surface area contributed by atoms with Gasteiger partial charge in [-0.25, -0.2) is 0 Å². The number of ether oxygens (including phenoxy) is 5. The zero-order chi connectivity index (χ0) is 25.4. The number of hydrogen-bond acceptors (Lipinski definition) is 16. The number of rotatable bonds is 8. The van der Waals surface area contributed by atoms with E-state index in [4.69, 9.17) is 23.7 Å². The van der Waals surface area contributed by atoms with Crippen LogP contribution in [0.2, 0.25) is 0 Å². The van der Waals surface area contributed by atoms with Crippen LogP contribution in [0.5, 0.6) is 0 Å². The normalized spacial score (nSPS) is 52.1. The van der Waals surface area contributed by atoms with Crippen LogP contribution in [-0.4, -0.2) is 168 Å². The van der Waals surface area contributed by atoms with E-state index in [2.05, 4.69) is 0 Å². The molecule has 0 spiro atoms. The van der Waals surface area contributed by atoms with Gasteiger partial charge in [0.1, 0.15) is 73.8 Å². The Morgan fingerprint density at radius 1 is 0.588 bits per heavy atom. The van der Waals surface area contributed by atoms with Crippen LogP contribution >= 0.6 is 0 Å². The van der Waals surface area contributed by atoms with Gasteiger partial charge in [-0.1, -0.05) is 0 Å². The standard InChI is InChI=1S/C18H32O16/c19-1-5-8(23)11(26)13(28)16(30-5)32-14-12(27)9(24)6(2-20)31-17(14)34-18(4-22)15(29)10(25)7(3-21)33-18/h5-17,19-29H,1-4H2/t5-,6+,7+,8-,9+,10-,11-,12+,13-,14+,15-,16+,17-,18-/m0/s1. The Kier molecular flexibility index (Phi) is 9.18. The Bertz CT molecular complexity index is 653. The van der Waals surface area contributed by atoms with Gasteiger partial charge in [-0.3, -0.25) is 0 Å². The van der Waals surface area contributed by atoms with E-state index in [-0.39, 0.29) is 0 Å². The molecule has 16 heteroatoms. The van der Waals surface area contributed by atoms with Crippen molar-refractivity contribution in [3.63, 3.8) is 0 Å². The third-order valence-electron chi connectivity index (χ3n) is 6.19. The number of hydrogen-bond donors (Lipinski definition) is 11. The highest BCUT2D eigenvalue weighted by molar-refractivity contribution is 4.99. The molecule has 0 aromatic rings. The van der Waals surface area contributed by atoms with Crippen LogP contribution in [0.4, 0.5) is 0 Å². The summed E-state index contributed by atoms with van der Waals surface area (Å²) in [6.07, 6.45) is -22.4.